The predicted octanol–water partition coefficient (Wildman–Crippen LogP) is 4.02. The molecule has 1 aliphatic rings. The Morgan fingerprint density at radius 2 is 1.71 bits per heavy atom. The van der Waals surface area contributed by atoms with E-state index in [4.69, 9.17) is 0 Å². The summed E-state index contributed by atoms with van der Waals surface area (Å²) < 4.78 is 0. The molecule has 100 valence electrons. The third-order valence-electron chi connectivity index (χ3n) is 3.83. The van der Waals surface area contributed by atoms with E-state index in [2.05, 4.69) is 64.8 Å². The number of nitrogens with zero attached hydrogens (tertiary/aromatic N) is 2. The number of hydrogen-bond donors (Lipinski definition) is 0. The molecule has 1 heterocycles. The van der Waals surface area contributed by atoms with Crippen LogP contribution in [0.4, 0.5) is 0 Å². The first-order valence-corrected chi connectivity index (χ1v) is 6.95. The van der Waals surface area contributed by atoms with Crippen LogP contribution in [0.5, 0.6) is 0 Å². The molecule has 0 spiro atoms. The van der Waals surface area contributed by atoms with Crippen LogP contribution in [-0.2, 0) is 0 Å². The number of rotatable bonds is 2. The Hall–Kier alpha value is -0.530. The van der Waals surface area contributed by atoms with Gasteiger partial charge in [-0.1, -0.05) is 48.5 Å². The fourth-order valence-electron chi connectivity index (χ4n) is 2.70. The van der Waals surface area contributed by atoms with Gasteiger partial charge in [-0.15, -0.1) is 0 Å². The summed E-state index contributed by atoms with van der Waals surface area (Å²) in [5.41, 5.74) is 0.649. The van der Waals surface area contributed by atoms with Crippen LogP contribution in [0.3, 0.4) is 0 Å². The van der Waals surface area contributed by atoms with E-state index in [1.807, 2.05) is 0 Å². The number of hydrogen-bond acceptors (Lipinski definition) is 2. The first-order chi connectivity index (χ1) is 7.66. The molecule has 0 radical (unpaired) electrons. The molecule has 0 saturated heterocycles. The summed E-state index contributed by atoms with van der Waals surface area (Å²) in [6.07, 6.45) is 3.38. The van der Waals surface area contributed by atoms with Crippen LogP contribution < -0.4 is 0 Å². The van der Waals surface area contributed by atoms with Gasteiger partial charge in [0.1, 0.15) is 0 Å². The van der Waals surface area contributed by atoms with Gasteiger partial charge in [0.05, 0.1) is 0 Å². The fourth-order valence-corrected chi connectivity index (χ4v) is 2.70. The third-order valence-corrected chi connectivity index (χ3v) is 3.83. The molecular formula is C15H30N2. The second kappa shape index (κ2) is 4.99. The van der Waals surface area contributed by atoms with Gasteiger partial charge in [-0.3, -0.25) is 5.01 Å². The highest BCUT2D eigenvalue weighted by atomic mass is 15.5. The van der Waals surface area contributed by atoms with Crippen LogP contribution in [0.25, 0.3) is 0 Å². The zero-order valence-corrected chi connectivity index (χ0v) is 12.7. The van der Waals surface area contributed by atoms with Crippen molar-refractivity contribution in [2.24, 2.45) is 27.8 Å². The van der Waals surface area contributed by atoms with Gasteiger partial charge in [-0.05, 0) is 23.2 Å². The monoisotopic (exact) mass is 238 g/mol. The highest BCUT2D eigenvalue weighted by Crippen LogP contribution is 2.42. The molecule has 1 rings (SSSR count). The van der Waals surface area contributed by atoms with Gasteiger partial charge >= 0.3 is 0 Å². The van der Waals surface area contributed by atoms with Crippen molar-refractivity contribution >= 4 is 6.21 Å². The Kier molecular flexibility index (Phi) is 4.27. The molecule has 0 aliphatic carbocycles. The van der Waals surface area contributed by atoms with E-state index in [0.29, 0.717) is 22.7 Å². The lowest BCUT2D eigenvalue weighted by atomic mass is 9.64. The van der Waals surface area contributed by atoms with Crippen LogP contribution in [0.1, 0.15) is 54.9 Å². The van der Waals surface area contributed by atoms with E-state index in [1.54, 1.807) is 0 Å². The molecule has 2 atom stereocenters. The minimum Gasteiger partial charge on any atom is -0.297 e. The molecule has 0 amide bonds. The molecule has 1 aliphatic heterocycles. The van der Waals surface area contributed by atoms with Gasteiger partial charge in [0.2, 0.25) is 0 Å². The standard InChI is InChI=1S/C15H30N2/c1-8-9-17-11-13(15(5,6)7)12(10-16-17)14(2,3)4/h10,12-13H,8-9,11H2,1-7H3. The minimum atomic E-state index is 0.305. The van der Waals surface area contributed by atoms with Crippen molar-refractivity contribution in [3.05, 3.63) is 0 Å². The fraction of sp³-hybridized carbons (Fsp3) is 0.933. The minimum absolute atomic E-state index is 0.305. The zero-order valence-electron chi connectivity index (χ0n) is 12.7. The maximum absolute atomic E-state index is 4.64. The van der Waals surface area contributed by atoms with Crippen molar-refractivity contribution < 1.29 is 0 Å². The Bertz CT molecular complexity index is 268. The molecule has 0 aromatic carbocycles. The van der Waals surface area contributed by atoms with E-state index < -0.39 is 0 Å². The molecule has 2 heteroatoms. The molecule has 0 aromatic rings. The van der Waals surface area contributed by atoms with Crippen molar-refractivity contribution in [1.82, 2.24) is 5.01 Å². The second-order valence-electron chi connectivity index (χ2n) is 7.54. The van der Waals surface area contributed by atoms with E-state index in [-0.39, 0.29) is 0 Å². The summed E-state index contributed by atoms with van der Waals surface area (Å²) in [5, 5.41) is 6.89. The van der Waals surface area contributed by atoms with E-state index in [1.165, 1.54) is 6.42 Å². The van der Waals surface area contributed by atoms with E-state index in [9.17, 15) is 0 Å². The van der Waals surface area contributed by atoms with Crippen LogP contribution >= 0.6 is 0 Å². The Labute approximate surface area is 107 Å². The lowest BCUT2D eigenvalue weighted by molar-refractivity contribution is 0.0624. The Balaban J connectivity index is 2.92. The Morgan fingerprint density at radius 1 is 1.12 bits per heavy atom. The van der Waals surface area contributed by atoms with Crippen molar-refractivity contribution in [2.45, 2.75) is 54.9 Å². The smallest absolute Gasteiger partial charge is 0.0399 e. The van der Waals surface area contributed by atoms with Crippen molar-refractivity contribution in [3.63, 3.8) is 0 Å². The van der Waals surface area contributed by atoms with Gasteiger partial charge in [0.15, 0.2) is 0 Å². The highest BCUT2D eigenvalue weighted by molar-refractivity contribution is 5.63. The molecule has 0 fully saturated rings. The normalized spacial score (nSPS) is 26.4. The summed E-state index contributed by atoms with van der Waals surface area (Å²) in [7, 11) is 0. The predicted molar refractivity (Wildman–Crippen MR) is 76.2 cm³/mol. The van der Waals surface area contributed by atoms with E-state index >= 15 is 0 Å². The maximum Gasteiger partial charge on any atom is 0.0399 e. The largest absolute Gasteiger partial charge is 0.297 e. The quantitative estimate of drug-likeness (QED) is 0.709. The van der Waals surface area contributed by atoms with Gasteiger partial charge in [0.25, 0.3) is 0 Å². The molecule has 0 N–H and O–H groups in total. The van der Waals surface area contributed by atoms with Crippen molar-refractivity contribution in [1.29, 1.82) is 0 Å². The van der Waals surface area contributed by atoms with Crippen LogP contribution in [0.15, 0.2) is 5.10 Å². The summed E-state index contributed by atoms with van der Waals surface area (Å²) in [6.45, 7) is 18.5. The molecule has 2 unspecified atom stereocenters. The third kappa shape index (κ3) is 3.72. The van der Waals surface area contributed by atoms with Crippen molar-refractivity contribution in [2.75, 3.05) is 13.1 Å². The molecule has 0 aromatic heterocycles. The van der Waals surface area contributed by atoms with Crippen molar-refractivity contribution in [3.8, 4) is 0 Å². The molecule has 2 nitrogen and oxygen atoms in total. The summed E-state index contributed by atoms with van der Waals surface area (Å²) in [6, 6.07) is 0. The van der Waals surface area contributed by atoms with Crippen LogP contribution in [-0.4, -0.2) is 24.3 Å². The molecular weight excluding hydrogens is 208 g/mol. The highest BCUT2D eigenvalue weighted by Gasteiger charge is 2.40. The molecule has 0 bridgehead atoms. The molecule has 17 heavy (non-hydrogen) atoms. The van der Waals surface area contributed by atoms with Gasteiger partial charge in [-0.25, -0.2) is 0 Å². The topological polar surface area (TPSA) is 15.6 Å². The lowest BCUT2D eigenvalue weighted by Crippen LogP contribution is -2.46. The molecule has 0 saturated carbocycles. The lowest BCUT2D eigenvalue weighted by Gasteiger charge is -2.46. The average molecular weight is 238 g/mol. The van der Waals surface area contributed by atoms with Gasteiger partial charge in [0, 0.05) is 25.2 Å². The second-order valence-corrected chi connectivity index (χ2v) is 7.54. The summed E-state index contributed by atoms with van der Waals surface area (Å²) in [4.78, 5) is 0. The maximum atomic E-state index is 4.64. The average Bonchev–Trinajstić information content (AvgIpc) is 2.15. The SMILES string of the molecule is CCCN1CC(C(C)(C)C)C(C(C)(C)C)C=N1. The van der Waals surface area contributed by atoms with Gasteiger partial charge in [-0.2, -0.15) is 5.10 Å². The first kappa shape index (κ1) is 14.5. The first-order valence-electron chi connectivity index (χ1n) is 6.95. The Morgan fingerprint density at radius 3 is 2.12 bits per heavy atom. The summed E-state index contributed by atoms with van der Waals surface area (Å²) >= 11 is 0. The van der Waals surface area contributed by atoms with E-state index in [0.717, 1.165) is 13.1 Å². The van der Waals surface area contributed by atoms with Gasteiger partial charge < -0.3 is 0 Å². The number of hydrazone groups is 1. The zero-order chi connectivity index (χ0) is 13.3. The van der Waals surface area contributed by atoms with Crippen LogP contribution in [0.2, 0.25) is 0 Å². The summed E-state index contributed by atoms with van der Waals surface area (Å²) in [5.74, 6) is 1.27. The van der Waals surface area contributed by atoms with Crippen LogP contribution in [0, 0.1) is 22.7 Å².